The van der Waals surface area contributed by atoms with Gasteiger partial charge in [-0.3, -0.25) is 9.69 Å². The van der Waals surface area contributed by atoms with Crippen LogP contribution in [0.2, 0.25) is 0 Å². The molecule has 2 aliphatic rings. The normalized spacial score (nSPS) is 20.7. The summed E-state index contributed by atoms with van der Waals surface area (Å²) in [5.74, 6) is 0.978. The summed E-state index contributed by atoms with van der Waals surface area (Å²) in [5.41, 5.74) is 2.37. The van der Waals surface area contributed by atoms with Gasteiger partial charge in [0.25, 0.3) is 0 Å². The standard InChI is InChI=1S/C20H25N5O/c1-16-7-8-17-5-2-3-6-18(17)25(16)19(26)15-23-11-13-24(14-12-23)20-21-9-4-10-22-20/h2-6,9-10,16H,7-8,11-15H2,1H3/t16-/m0/s1. The van der Waals surface area contributed by atoms with Gasteiger partial charge in [0.2, 0.25) is 11.9 Å². The number of aromatic nitrogens is 2. The van der Waals surface area contributed by atoms with Gasteiger partial charge < -0.3 is 9.80 Å². The molecule has 0 aliphatic carbocycles. The van der Waals surface area contributed by atoms with E-state index in [1.165, 1.54) is 5.56 Å². The molecule has 1 aromatic carbocycles. The molecule has 1 atom stereocenters. The molecule has 3 heterocycles. The molecule has 0 N–H and O–H groups in total. The lowest BCUT2D eigenvalue weighted by molar-refractivity contribution is -0.120. The summed E-state index contributed by atoms with van der Waals surface area (Å²) in [4.78, 5) is 28.1. The zero-order chi connectivity index (χ0) is 17.9. The molecule has 0 spiro atoms. The molecular weight excluding hydrogens is 326 g/mol. The molecule has 136 valence electrons. The zero-order valence-electron chi connectivity index (χ0n) is 15.2. The van der Waals surface area contributed by atoms with Crippen LogP contribution in [0.25, 0.3) is 0 Å². The molecule has 0 unspecified atom stereocenters. The van der Waals surface area contributed by atoms with Crippen LogP contribution in [0.3, 0.4) is 0 Å². The van der Waals surface area contributed by atoms with E-state index >= 15 is 0 Å². The van der Waals surface area contributed by atoms with Crippen LogP contribution in [0, 0.1) is 0 Å². The number of benzene rings is 1. The summed E-state index contributed by atoms with van der Waals surface area (Å²) in [6.07, 6.45) is 5.62. The second-order valence-electron chi connectivity index (χ2n) is 7.09. The molecule has 1 amide bonds. The summed E-state index contributed by atoms with van der Waals surface area (Å²) in [7, 11) is 0. The first-order valence-electron chi connectivity index (χ1n) is 9.36. The van der Waals surface area contributed by atoms with Gasteiger partial charge >= 0.3 is 0 Å². The number of fused-ring (bicyclic) bond motifs is 1. The average Bonchev–Trinajstić information content (AvgIpc) is 2.69. The predicted octanol–water partition coefficient (Wildman–Crippen LogP) is 1.97. The van der Waals surface area contributed by atoms with Crippen LogP contribution in [-0.4, -0.2) is 59.5 Å². The van der Waals surface area contributed by atoms with E-state index in [2.05, 4.69) is 44.9 Å². The van der Waals surface area contributed by atoms with Gasteiger partial charge in [-0.15, -0.1) is 0 Å². The lowest BCUT2D eigenvalue weighted by atomic mass is 9.96. The van der Waals surface area contributed by atoms with Crippen molar-refractivity contribution in [3.63, 3.8) is 0 Å². The maximum atomic E-state index is 13.0. The molecule has 4 rings (SSSR count). The van der Waals surface area contributed by atoms with Crippen molar-refractivity contribution >= 4 is 17.5 Å². The highest BCUT2D eigenvalue weighted by atomic mass is 16.2. The fourth-order valence-corrected chi connectivity index (χ4v) is 3.90. The summed E-state index contributed by atoms with van der Waals surface area (Å²) >= 11 is 0. The number of para-hydroxylation sites is 1. The Morgan fingerprint density at radius 3 is 2.58 bits per heavy atom. The van der Waals surface area contributed by atoms with Crippen molar-refractivity contribution in [2.75, 3.05) is 42.5 Å². The minimum Gasteiger partial charge on any atom is -0.338 e. The molecule has 0 saturated carbocycles. The van der Waals surface area contributed by atoms with Crippen molar-refractivity contribution in [3.05, 3.63) is 48.3 Å². The largest absolute Gasteiger partial charge is 0.338 e. The van der Waals surface area contributed by atoms with Gasteiger partial charge in [0, 0.05) is 50.3 Å². The van der Waals surface area contributed by atoms with Crippen molar-refractivity contribution in [3.8, 4) is 0 Å². The monoisotopic (exact) mass is 351 g/mol. The summed E-state index contributed by atoms with van der Waals surface area (Å²) in [6.45, 7) is 6.04. The first kappa shape index (κ1) is 17.0. The predicted molar refractivity (Wildman–Crippen MR) is 102 cm³/mol. The molecule has 26 heavy (non-hydrogen) atoms. The SMILES string of the molecule is C[C@H]1CCc2ccccc2N1C(=O)CN1CCN(c2ncccn2)CC1. The zero-order valence-corrected chi connectivity index (χ0v) is 15.2. The van der Waals surface area contributed by atoms with Gasteiger partial charge in [-0.1, -0.05) is 18.2 Å². The Morgan fingerprint density at radius 1 is 1.08 bits per heavy atom. The van der Waals surface area contributed by atoms with Gasteiger partial charge in [-0.05, 0) is 37.5 Å². The van der Waals surface area contributed by atoms with E-state index in [0.29, 0.717) is 6.54 Å². The lowest BCUT2D eigenvalue weighted by Gasteiger charge is -2.38. The second kappa shape index (κ2) is 7.41. The van der Waals surface area contributed by atoms with Crippen LogP contribution < -0.4 is 9.80 Å². The Balaban J connectivity index is 1.39. The highest BCUT2D eigenvalue weighted by molar-refractivity contribution is 5.96. The smallest absolute Gasteiger partial charge is 0.241 e. The molecule has 1 saturated heterocycles. The van der Waals surface area contributed by atoms with Gasteiger partial charge in [-0.25, -0.2) is 9.97 Å². The van der Waals surface area contributed by atoms with Crippen LogP contribution in [0.4, 0.5) is 11.6 Å². The Hall–Kier alpha value is -2.47. The van der Waals surface area contributed by atoms with E-state index < -0.39 is 0 Å². The molecular formula is C20H25N5O. The van der Waals surface area contributed by atoms with E-state index in [4.69, 9.17) is 0 Å². The maximum Gasteiger partial charge on any atom is 0.241 e. The van der Waals surface area contributed by atoms with E-state index in [9.17, 15) is 4.79 Å². The van der Waals surface area contributed by atoms with Crippen molar-refractivity contribution < 1.29 is 4.79 Å². The van der Waals surface area contributed by atoms with Gasteiger partial charge in [0.1, 0.15) is 0 Å². The van der Waals surface area contributed by atoms with Gasteiger partial charge in [0.05, 0.1) is 6.54 Å². The lowest BCUT2D eigenvalue weighted by Crippen LogP contribution is -2.52. The maximum absolute atomic E-state index is 13.0. The number of rotatable bonds is 3. The van der Waals surface area contributed by atoms with Crippen LogP contribution in [0.15, 0.2) is 42.7 Å². The number of piperazine rings is 1. The number of carbonyl (C=O) groups excluding carboxylic acids is 1. The number of nitrogens with zero attached hydrogens (tertiary/aromatic N) is 5. The Kier molecular flexibility index (Phi) is 4.84. The van der Waals surface area contributed by atoms with Gasteiger partial charge in [0.15, 0.2) is 0 Å². The van der Waals surface area contributed by atoms with E-state index in [-0.39, 0.29) is 11.9 Å². The number of hydrogen-bond donors (Lipinski definition) is 0. The van der Waals surface area contributed by atoms with Crippen molar-refractivity contribution in [1.29, 1.82) is 0 Å². The number of aryl methyl sites for hydroxylation is 1. The van der Waals surface area contributed by atoms with Crippen LogP contribution in [0.1, 0.15) is 18.9 Å². The van der Waals surface area contributed by atoms with Crippen molar-refractivity contribution in [1.82, 2.24) is 14.9 Å². The first-order valence-corrected chi connectivity index (χ1v) is 9.36. The van der Waals surface area contributed by atoms with E-state index in [0.717, 1.165) is 50.7 Å². The third-order valence-electron chi connectivity index (χ3n) is 5.36. The highest BCUT2D eigenvalue weighted by Crippen LogP contribution is 2.30. The second-order valence-corrected chi connectivity index (χ2v) is 7.09. The minimum atomic E-state index is 0.203. The highest BCUT2D eigenvalue weighted by Gasteiger charge is 2.29. The molecule has 6 nitrogen and oxygen atoms in total. The van der Waals surface area contributed by atoms with E-state index in [1.807, 2.05) is 17.0 Å². The molecule has 1 fully saturated rings. The Bertz CT molecular complexity index is 758. The van der Waals surface area contributed by atoms with E-state index in [1.54, 1.807) is 12.4 Å². The Labute approximate surface area is 154 Å². The average molecular weight is 351 g/mol. The Morgan fingerprint density at radius 2 is 1.81 bits per heavy atom. The fourth-order valence-electron chi connectivity index (χ4n) is 3.90. The number of amides is 1. The third kappa shape index (κ3) is 3.42. The van der Waals surface area contributed by atoms with Crippen LogP contribution in [0.5, 0.6) is 0 Å². The summed E-state index contributed by atoms with van der Waals surface area (Å²) < 4.78 is 0. The quantitative estimate of drug-likeness (QED) is 0.846. The molecule has 2 aliphatic heterocycles. The van der Waals surface area contributed by atoms with Crippen LogP contribution in [-0.2, 0) is 11.2 Å². The third-order valence-corrected chi connectivity index (χ3v) is 5.36. The minimum absolute atomic E-state index is 0.203. The fraction of sp³-hybridized carbons (Fsp3) is 0.450. The number of hydrogen-bond acceptors (Lipinski definition) is 5. The molecule has 6 heteroatoms. The number of carbonyl (C=O) groups is 1. The summed E-state index contributed by atoms with van der Waals surface area (Å²) in [5, 5.41) is 0. The van der Waals surface area contributed by atoms with Crippen molar-refractivity contribution in [2.45, 2.75) is 25.8 Å². The molecule has 1 aromatic heterocycles. The number of anilines is 2. The molecule has 2 aromatic rings. The van der Waals surface area contributed by atoms with Gasteiger partial charge in [-0.2, -0.15) is 0 Å². The molecule has 0 radical (unpaired) electrons. The van der Waals surface area contributed by atoms with Crippen molar-refractivity contribution in [2.24, 2.45) is 0 Å². The topological polar surface area (TPSA) is 52.6 Å². The molecule has 0 bridgehead atoms. The first-order chi connectivity index (χ1) is 12.7. The summed E-state index contributed by atoms with van der Waals surface area (Å²) in [6, 6.07) is 10.4. The van der Waals surface area contributed by atoms with Crippen LogP contribution >= 0.6 is 0 Å².